The molecule has 1 saturated carbocycles. The van der Waals surface area contributed by atoms with Gasteiger partial charge < -0.3 is 14.8 Å². The molecule has 0 aromatic carbocycles. The van der Waals surface area contributed by atoms with E-state index in [0.717, 1.165) is 30.2 Å². The molecule has 1 unspecified atom stereocenters. The van der Waals surface area contributed by atoms with Crippen LogP contribution in [0.25, 0.3) is 0 Å². The zero-order valence-corrected chi connectivity index (χ0v) is 14.2. The van der Waals surface area contributed by atoms with Crippen molar-refractivity contribution in [1.29, 1.82) is 0 Å². The van der Waals surface area contributed by atoms with Gasteiger partial charge in [-0.15, -0.1) is 11.3 Å². The number of hydrogen-bond donors (Lipinski definition) is 1. The van der Waals surface area contributed by atoms with Crippen molar-refractivity contribution >= 4 is 17.2 Å². The van der Waals surface area contributed by atoms with Crippen LogP contribution >= 0.6 is 11.3 Å². The van der Waals surface area contributed by atoms with E-state index < -0.39 is 0 Å². The molecular weight excluding hydrogens is 308 g/mol. The normalized spacial score (nSPS) is 22.2. The molecule has 23 heavy (non-hydrogen) atoms. The molecule has 2 aliphatic rings. The Morgan fingerprint density at radius 1 is 1.52 bits per heavy atom. The van der Waals surface area contributed by atoms with Crippen molar-refractivity contribution < 1.29 is 4.79 Å². The van der Waals surface area contributed by atoms with E-state index in [1.165, 1.54) is 24.2 Å². The molecule has 0 bridgehead atoms. The van der Waals surface area contributed by atoms with E-state index in [0.29, 0.717) is 18.0 Å². The molecule has 1 amide bonds. The summed E-state index contributed by atoms with van der Waals surface area (Å²) >= 11 is 1.53. The van der Waals surface area contributed by atoms with Crippen LogP contribution in [0, 0.1) is 5.41 Å². The monoisotopic (exact) mass is 330 g/mol. The first-order valence-electron chi connectivity index (χ1n) is 8.21. The van der Waals surface area contributed by atoms with Crippen LogP contribution in [-0.2, 0) is 13.6 Å². The Morgan fingerprint density at radius 3 is 3.00 bits per heavy atom. The van der Waals surface area contributed by atoms with Crippen LogP contribution in [0.4, 0.5) is 0 Å². The van der Waals surface area contributed by atoms with Crippen molar-refractivity contribution in [2.24, 2.45) is 12.5 Å². The highest BCUT2D eigenvalue weighted by Gasteiger charge is 2.58. The third-order valence-corrected chi connectivity index (χ3v) is 6.21. The van der Waals surface area contributed by atoms with Crippen molar-refractivity contribution in [3.05, 3.63) is 40.6 Å². The summed E-state index contributed by atoms with van der Waals surface area (Å²) in [6, 6.07) is 4.23. The second-order valence-electron chi connectivity index (χ2n) is 6.70. The molecule has 1 aliphatic carbocycles. The van der Waals surface area contributed by atoms with Gasteiger partial charge in [-0.05, 0) is 49.2 Å². The van der Waals surface area contributed by atoms with Gasteiger partial charge in [-0.1, -0.05) is 6.07 Å². The van der Waals surface area contributed by atoms with Crippen molar-refractivity contribution in [1.82, 2.24) is 19.8 Å². The van der Waals surface area contributed by atoms with E-state index in [1.807, 2.05) is 35.3 Å². The van der Waals surface area contributed by atoms with Crippen LogP contribution in [-0.4, -0.2) is 39.5 Å². The molecule has 1 spiro atoms. The summed E-state index contributed by atoms with van der Waals surface area (Å²) in [5, 5.41) is 5.41. The number of amides is 1. The summed E-state index contributed by atoms with van der Waals surface area (Å²) in [6.45, 7) is 2.74. The van der Waals surface area contributed by atoms with E-state index in [9.17, 15) is 4.79 Å². The second-order valence-corrected chi connectivity index (χ2v) is 7.64. The van der Waals surface area contributed by atoms with Gasteiger partial charge in [0, 0.05) is 25.5 Å². The maximum absolute atomic E-state index is 13.0. The SMILES string of the molecule is Cn1ccnc1CN(C(=O)c1cccs1)C1CC12CCNCC2. The molecule has 3 heterocycles. The summed E-state index contributed by atoms with van der Waals surface area (Å²) in [6.07, 6.45) is 7.22. The Morgan fingerprint density at radius 2 is 2.35 bits per heavy atom. The lowest BCUT2D eigenvalue weighted by atomic mass is 9.93. The highest BCUT2D eigenvalue weighted by atomic mass is 32.1. The molecule has 122 valence electrons. The molecule has 4 rings (SSSR count). The number of carbonyl (C=O) groups excluding carboxylic acids is 1. The molecule has 1 atom stereocenters. The van der Waals surface area contributed by atoms with Gasteiger partial charge in [-0.2, -0.15) is 0 Å². The predicted molar refractivity (Wildman–Crippen MR) is 90.3 cm³/mol. The van der Waals surface area contributed by atoms with E-state index in [1.54, 1.807) is 6.20 Å². The second kappa shape index (κ2) is 5.76. The van der Waals surface area contributed by atoms with Crippen molar-refractivity contribution in [2.75, 3.05) is 13.1 Å². The zero-order valence-electron chi connectivity index (χ0n) is 13.4. The minimum Gasteiger partial charge on any atom is -0.337 e. The van der Waals surface area contributed by atoms with E-state index in [-0.39, 0.29) is 5.91 Å². The van der Waals surface area contributed by atoms with E-state index in [2.05, 4.69) is 15.2 Å². The molecular formula is C17H22N4OS. The molecule has 1 N–H and O–H groups in total. The van der Waals surface area contributed by atoms with Crippen molar-refractivity contribution in [3.63, 3.8) is 0 Å². The van der Waals surface area contributed by atoms with Crippen molar-refractivity contribution in [2.45, 2.75) is 31.8 Å². The Kier molecular flexibility index (Phi) is 3.73. The molecule has 1 aliphatic heterocycles. The average molecular weight is 330 g/mol. The summed E-state index contributed by atoms with van der Waals surface area (Å²) in [4.78, 5) is 20.4. The number of carbonyl (C=O) groups is 1. The van der Waals surface area contributed by atoms with Crippen LogP contribution in [0.5, 0.6) is 0 Å². The van der Waals surface area contributed by atoms with Crippen LogP contribution < -0.4 is 5.32 Å². The summed E-state index contributed by atoms with van der Waals surface area (Å²) in [5.74, 6) is 1.11. The molecule has 2 fully saturated rings. The molecule has 5 nitrogen and oxygen atoms in total. The fourth-order valence-corrected chi connectivity index (χ4v) is 4.47. The Labute approximate surface area is 140 Å². The maximum Gasteiger partial charge on any atom is 0.264 e. The molecule has 2 aromatic heterocycles. The minimum atomic E-state index is 0.156. The summed E-state index contributed by atoms with van der Waals surface area (Å²) in [7, 11) is 1.99. The van der Waals surface area contributed by atoms with Gasteiger partial charge in [-0.3, -0.25) is 4.79 Å². The fourth-order valence-electron chi connectivity index (χ4n) is 3.80. The molecule has 6 heteroatoms. The first-order chi connectivity index (χ1) is 11.2. The minimum absolute atomic E-state index is 0.156. The summed E-state index contributed by atoms with van der Waals surface area (Å²) < 4.78 is 2.01. The standard InChI is InChI=1S/C17H22N4OS/c1-20-9-8-19-15(20)12-21(16(22)13-3-2-10-23-13)14-11-17(14)4-6-18-7-5-17/h2-3,8-10,14,18H,4-7,11-12H2,1H3. The smallest absolute Gasteiger partial charge is 0.264 e. The number of hydrogen-bond acceptors (Lipinski definition) is 4. The van der Waals surface area contributed by atoms with E-state index in [4.69, 9.17) is 0 Å². The number of nitrogens with one attached hydrogen (secondary N) is 1. The van der Waals surface area contributed by atoms with Gasteiger partial charge in [0.1, 0.15) is 5.82 Å². The average Bonchev–Trinajstić information content (AvgIpc) is 2.98. The van der Waals surface area contributed by atoms with Crippen LogP contribution in [0.2, 0.25) is 0 Å². The van der Waals surface area contributed by atoms with Gasteiger partial charge in [0.2, 0.25) is 0 Å². The fraction of sp³-hybridized carbons (Fsp3) is 0.529. The number of nitrogens with zero attached hydrogens (tertiary/aromatic N) is 3. The van der Waals surface area contributed by atoms with Crippen molar-refractivity contribution in [3.8, 4) is 0 Å². The molecule has 2 aromatic rings. The highest BCUT2D eigenvalue weighted by Crippen LogP contribution is 2.56. The predicted octanol–water partition coefficient (Wildman–Crippen LogP) is 2.27. The number of rotatable bonds is 4. The topological polar surface area (TPSA) is 50.2 Å². The van der Waals surface area contributed by atoms with Gasteiger partial charge in [-0.25, -0.2) is 4.98 Å². The highest BCUT2D eigenvalue weighted by molar-refractivity contribution is 7.12. The van der Waals surface area contributed by atoms with Gasteiger partial charge in [0.05, 0.1) is 11.4 Å². The number of imidazole rings is 1. The number of aromatic nitrogens is 2. The van der Waals surface area contributed by atoms with Gasteiger partial charge in [0.25, 0.3) is 5.91 Å². The Hall–Kier alpha value is -1.66. The summed E-state index contributed by atoms with van der Waals surface area (Å²) in [5.41, 5.74) is 0.337. The Bertz CT molecular complexity index is 687. The maximum atomic E-state index is 13.0. The molecule has 1 saturated heterocycles. The third kappa shape index (κ3) is 2.70. The van der Waals surface area contributed by atoms with Crippen LogP contribution in [0.3, 0.4) is 0 Å². The van der Waals surface area contributed by atoms with Crippen LogP contribution in [0.15, 0.2) is 29.9 Å². The number of thiophene rings is 1. The third-order valence-electron chi connectivity index (χ3n) is 5.35. The Balaban J connectivity index is 1.59. The van der Waals surface area contributed by atoms with Gasteiger partial charge >= 0.3 is 0 Å². The largest absolute Gasteiger partial charge is 0.337 e. The lowest BCUT2D eigenvalue weighted by molar-refractivity contribution is 0.0690. The number of aryl methyl sites for hydroxylation is 1. The lowest BCUT2D eigenvalue weighted by Gasteiger charge is -2.29. The first kappa shape index (κ1) is 14.9. The van der Waals surface area contributed by atoms with E-state index >= 15 is 0 Å². The molecule has 0 radical (unpaired) electrons. The first-order valence-corrected chi connectivity index (χ1v) is 9.09. The number of piperidine rings is 1. The van der Waals surface area contributed by atoms with Crippen LogP contribution in [0.1, 0.15) is 34.8 Å². The zero-order chi connectivity index (χ0) is 15.9. The quantitative estimate of drug-likeness (QED) is 0.935. The lowest BCUT2D eigenvalue weighted by Crippen LogP contribution is -2.39. The van der Waals surface area contributed by atoms with Gasteiger partial charge in [0.15, 0.2) is 0 Å².